The highest BCUT2D eigenvalue weighted by Gasteiger charge is 2.54. The molecule has 13 heteroatoms. The van der Waals surface area contributed by atoms with Crippen LogP contribution in [0.2, 0.25) is 0 Å². The Morgan fingerprint density at radius 2 is 1.74 bits per heavy atom. The van der Waals surface area contributed by atoms with E-state index in [1.165, 1.54) is 11.8 Å². The molecule has 2 aliphatic heterocycles. The van der Waals surface area contributed by atoms with Gasteiger partial charge in [-0.2, -0.15) is 0 Å². The molecule has 0 aromatic rings. The summed E-state index contributed by atoms with van der Waals surface area (Å²) in [5.74, 6) is -1.48. The molecule has 3 fully saturated rings. The van der Waals surface area contributed by atoms with Gasteiger partial charge in [0.2, 0.25) is 9.70 Å². The quantitative estimate of drug-likeness (QED) is 0.209. The first-order valence-corrected chi connectivity index (χ1v) is 13.1. The standard InChI is InChI=1S/C21H28Cl3N3O6S/c1-12(26-8-4-3-5-9-26)16(19(30)33-11-21(22,23)24)27-17(29)15(25-13(2)28)18(27)34-20(31)32-10-14-6-7-14/h14-15,18H,3-11H2,1-2H3,(H,25,28). The molecule has 0 aromatic carbocycles. The van der Waals surface area contributed by atoms with Gasteiger partial charge in [-0.3, -0.25) is 14.5 Å². The Balaban J connectivity index is 1.87. The number of piperidine rings is 1. The summed E-state index contributed by atoms with van der Waals surface area (Å²) in [7, 11) is 0. The van der Waals surface area contributed by atoms with Crippen LogP contribution in [0, 0.1) is 5.92 Å². The van der Waals surface area contributed by atoms with Gasteiger partial charge >= 0.3 is 11.3 Å². The fraction of sp³-hybridized carbons (Fsp3) is 0.714. The molecule has 2 saturated heterocycles. The number of nitrogens with one attached hydrogen (secondary N) is 1. The lowest BCUT2D eigenvalue weighted by Gasteiger charge is -2.47. The summed E-state index contributed by atoms with van der Waals surface area (Å²) in [4.78, 5) is 53.6. The molecule has 1 saturated carbocycles. The normalized spacial score (nSPS) is 23.6. The Morgan fingerprint density at radius 3 is 2.29 bits per heavy atom. The van der Waals surface area contributed by atoms with E-state index in [1.807, 2.05) is 4.90 Å². The van der Waals surface area contributed by atoms with Gasteiger partial charge < -0.3 is 19.7 Å². The fourth-order valence-electron chi connectivity index (χ4n) is 3.79. The molecule has 2 heterocycles. The van der Waals surface area contributed by atoms with Crippen LogP contribution < -0.4 is 5.32 Å². The Kier molecular flexibility index (Phi) is 9.28. The second-order valence-corrected chi connectivity index (χ2v) is 12.1. The molecule has 3 aliphatic rings. The minimum Gasteiger partial charge on any atom is -0.457 e. The topological polar surface area (TPSA) is 105 Å². The zero-order valence-corrected chi connectivity index (χ0v) is 22.1. The number of hydrogen-bond acceptors (Lipinski definition) is 8. The molecule has 0 spiro atoms. The van der Waals surface area contributed by atoms with Gasteiger partial charge in [0.15, 0.2) is 0 Å². The number of likely N-dealkylation sites (tertiary alicyclic amines) is 2. The van der Waals surface area contributed by atoms with Gasteiger partial charge in [0, 0.05) is 25.7 Å². The predicted octanol–water partition coefficient (Wildman–Crippen LogP) is 3.57. The van der Waals surface area contributed by atoms with E-state index in [4.69, 9.17) is 44.3 Å². The molecule has 2 amide bonds. The maximum atomic E-state index is 13.1. The van der Waals surface area contributed by atoms with E-state index >= 15 is 0 Å². The number of halogens is 3. The Hall–Kier alpha value is -1.36. The van der Waals surface area contributed by atoms with Crippen molar-refractivity contribution >= 4 is 69.6 Å². The number of ether oxygens (including phenoxy) is 2. The summed E-state index contributed by atoms with van der Waals surface area (Å²) in [5.41, 5.74) is 0.468. The molecular weight excluding hydrogens is 529 g/mol. The van der Waals surface area contributed by atoms with E-state index in [1.54, 1.807) is 6.92 Å². The summed E-state index contributed by atoms with van der Waals surface area (Å²) in [6.45, 7) is 4.16. The molecule has 190 valence electrons. The van der Waals surface area contributed by atoms with Gasteiger partial charge in [-0.15, -0.1) is 0 Å². The second-order valence-electron chi connectivity index (χ2n) is 8.57. The maximum absolute atomic E-state index is 13.1. The van der Waals surface area contributed by atoms with Crippen LogP contribution in [0.15, 0.2) is 11.4 Å². The van der Waals surface area contributed by atoms with Crippen LogP contribution in [0.3, 0.4) is 0 Å². The lowest BCUT2D eigenvalue weighted by molar-refractivity contribution is -0.152. The van der Waals surface area contributed by atoms with Crippen molar-refractivity contribution in [3.05, 3.63) is 11.4 Å². The van der Waals surface area contributed by atoms with Crippen LogP contribution >= 0.6 is 46.6 Å². The van der Waals surface area contributed by atoms with Crippen LogP contribution in [-0.4, -0.2) is 74.4 Å². The summed E-state index contributed by atoms with van der Waals surface area (Å²) in [6.07, 6.45) is 4.95. The van der Waals surface area contributed by atoms with E-state index in [-0.39, 0.29) is 5.70 Å². The number of nitrogens with zero attached hydrogens (tertiary/aromatic N) is 2. The number of rotatable bonds is 8. The third-order valence-electron chi connectivity index (χ3n) is 5.73. The summed E-state index contributed by atoms with van der Waals surface area (Å²) < 4.78 is 8.68. The largest absolute Gasteiger partial charge is 0.457 e. The number of alkyl halides is 3. The van der Waals surface area contributed by atoms with Gasteiger partial charge in [-0.25, -0.2) is 9.59 Å². The molecule has 9 nitrogen and oxygen atoms in total. The molecule has 2 unspecified atom stereocenters. The number of esters is 1. The van der Waals surface area contributed by atoms with Crippen LogP contribution in [0.25, 0.3) is 0 Å². The van der Waals surface area contributed by atoms with E-state index in [0.29, 0.717) is 31.3 Å². The highest BCUT2D eigenvalue weighted by Crippen LogP contribution is 2.38. The molecule has 2 atom stereocenters. The second kappa shape index (κ2) is 11.6. The highest BCUT2D eigenvalue weighted by molar-refractivity contribution is 8.13. The number of carbonyl (C=O) groups excluding carboxylic acids is 4. The predicted molar refractivity (Wildman–Crippen MR) is 129 cm³/mol. The van der Waals surface area contributed by atoms with Crippen molar-refractivity contribution in [1.29, 1.82) is 0 Å². The number of carbonyl (C=O) groups is 4. The average molecular weight is 557 g/mol. The zero-order chi connectivity index (χ0) is 25.0. The molecule has 0 aromatic heterocycles. The maximum Gasteiger partial charge on any atom is 0.369 e. The van der Waals surface area contributed by atoms with Crippen molar-refractivity contribution in [2.45, 2.75) is 61.2 Å². The third kappa shape index (κ3) is 7.32. The Bertz CT molecular complexity index is 855. The van der Waals surface area contributed by atoms with Crippen LogP contribution in [0.4, 0.5) is 4.79 Å². The molecule has 1 N–H and O–H groups in total. The molecule has 0 bridgehead atoms. The van der Waals surface area contributed by atoms with Crippen molar-refractivity contribution in [3.63, 3.8) is 0 Å². The van der Waals surface area contributed by atoms with Crippen LogP contribution in [0.5, 0.6) is 0 Å². The van der Waals surface area contributed by atoms with Crippen molar-refractivity contribution < 1.29 is 28.7 Å². The fourth-order valence-corrected chi connectivity index (χ4v) is 4.92. The Labute approximate surface area is 217 Å². The third-order valence-corrected chi connectivity index (χ3v) is 7.09. The minimum absolute atomic E-state index is 0.0461. The minimum atomic E-state index is -1.84. The van der Waals surface area contributed by atoms with Crippen molar-refractivity contribution in [2.75, 3.05) is 26.3 Å². The van der Waals surface area contributed by atoms with E-state index in [9.17, 15) is 19.2 Å². The van der Waals surface area contributed by atoms with E-state index in [0.717, 1.165) is 43.9 Å². The van der Waals surface area contributed by atoms with Crippen LogP contribution in [0.1, 0.15) is 46.0 Å². The number of allylic oxidation sites excluding steroid dienone is 1. The first kappa shape index (κ1) is 27.2. The molecule has 3 rings (SSSR count). The van der Waals surface area contributed by atoms with Gasteiger partial charge in [0.25, 0.3) is 5.91 Å². The summed E-state index contributed by atoms with van der Waals surface area (Å²) >= 11 is 18.0. The van der Waals surface area contributed by atoms with Gasteiger partial charge in [0.1, 0.15) is 23.7 Å². The molecule has 34 heavy (non-hydrogen) atoms. The Morgan fingerprint density at radius 1 is 1.09 bits per heavy atom. The van der Waals surface area contributed by atoms with Crippen molar-refractivity contribution in [2.24, 2.45) is 5.92 Å². The number of thioether (sulfide) groups is 1. The monoisotopic (exact) mass is 555 g/mol. The summed E-state index contributed by atoms with van der Waals surface area (Å²) in [6, 6.07) is -0.999. The SMILES string of the molecule is CC(=O)NC1C(=O)N(C(C(=O)OCC(Cl)(Cl)Cl)=C(C)N2CCCCC2)C1SC(=O)OCC1CC1. The van der Waals surface area contributed by atoms with E-state index in [2.05, 4.69) is 5.32 Å². The summed E-state index contributed by atoms with van der Waals surface area (Å²) in [5, 5.41) is 1.07. The van der Waals surface area contributed by atoms with Gasteiger partial charge in [0.05, 0.1) is 6.61 Å². The van der Waals surface area contributed by atoms with Gasteiger partial charge in [-0.05, 0) is 56.7 Å². The lowest BCUT2D eigenvalue weighted by Crippen LogP contribution is -2.69. The smallest absolute Gasteiger partial charge is 0.369 e. The molecule has 1 aliphatic carbocycles. The number of β-lactam (4-membered cyclic amide) rings is 1. The lowest BCUT2D eigenvalue weighted by atomic mass is 10.0. The van der Waals surface area contributed by atoms with Crippen molar-refractivity contribution in [3.8, 4) is 0 Å². The first-order valence-electron chi connectivity index (χ1n) is 11.1. The number of hydrogen-bond donors (Lipinski definition) is 1. The van der Waals surface area contributed by atoms with E-state index < -0.39 is 44.9 Å². The average Bonchev–Trinajstić information content (AvgIpc) is 3.61. The van der Waals surface area contributed by atoms with Gasteiger partial charge in [-0.1, -0.05) is 34.8 Å². The molecular formula is C21H28Cl3N3O6S. The first-order chi connectivity index (χ1) is 16.0. The van der Waals surface area contributed by atoms with Crippen LogP contribution in [-0.2, 0) is 23.9 Å². The molecule has 0 radical (unpaired) electrons. The number of amides is 2. The van der Waals surface area contributed by atoms with Crippen molar-refractivity contribution in [1.82, 2.24) is 15.1 Å². The highest BCUT2D eigenvalue weighted by atomic mass is 35.6. The zero-order valence-electron chi connectivity index (χ0n) is 19.0.